The van der Waals surface area contributed by atoms with E-state index >= 15 is 0 Å². The summed E-state index contributed by atoms with van der Waals surface area (Å²) >= 11 is 6.73. The van der Waals surface area contributed by atoms with Crippen molar-refractivity contribution in [2.75, 3.05) is 62.3 Å². The molecule has 1 atom stereocenters. The first-order chi connectivity index (χ1) is 22.5. The fourth-order valence-corrected chi connectivity index (χ4v) is 8.26. The van der Waals surface area contributed by atoms with Gasteiger partial charge in [-0.05, 0) is 68.8 Å². The Morgan fingerprint density at radius 1 is 1.09 bits per heavy atom. The van der Waals surface area contributed by atoms with Crippen molar-refractivity contribution in [1.82, 2.24) is 19.8 Å². The number of carbonyl (C=O) groups excluding carboxylic acids is 1. The van der Waals surface area contributed by atoms with Crippen molar-refractivity contribution in [1.29, 1.82) is 5.26 Å². The van der Waals surface area contributed by atoms with Crippen LogP contribution in [0.4, 0.5) is 15.9 Å². The molecule has 240 valence electrons. The van der Waals surface area contributed by atoms with E-state index in [2.05, 4.69) is 45.0 Å². The van der Waals surface area contributed by atoms with Crippen LogP contribution in [0.2, 0.25) is 5.02 Å². The minimum absolute atomic E-state index is 0.0577. The molecule has 3 fully saturated rings. The SMILES string of the molecule is N#CC[C@H]1CN(c2nc(OCC34CCCN3CCC4)nc3c2CCN(c2cccc4cccc(Cl)c24)C3)CCN1C(=O)/C=C/CF. The second-order valence-electron chi connectivity index (χ2n) is 12.8. The minimum Gasteiger partial charge on any atom is -0.461 e. The van der Waals surface area contributed by atoms with Gasteiger partial charge in [-0.1, -0.05) is 35.9 Å². The van der Waals surface area contributed by atoms with Gasteiger partial charge in [0.15, 0.2) is 0 Å². The maximum Gasteiger partial charge on any atom is 0.318 e. The first-order valence-electron chi connectivity index (χ1n) is 16.3. The number of alkyl halides is 1. The molecule has 7 rings (SSSR count). The topological polar surface area (TPSA) is 88.8 Å². The standard InChI is InChI=1S/C35H39ClFN7O2/c36-28-8-1-6-25-7-2-9-30(32(25)28)41-19-12-27-29(23-41)39-34(46-24-35-13-4-17-43(35)18-5-14-35)40-33(27)42-20-21-44(26(22-42)11-16-38)31(45)10-3-15-37/h1-3,6-10,26H,4-5,11-15,17-24H2/b10-3+/t26-/m0/s1. The molecule has 4 aliphatic rings. The number of halogens is 2. The predicted octanol–water partition coefficient (Wildman–Crippen LogP) is 5.31. The van der Waals surface area contributed by atoms with Gasteiger partial charge in [0, 0.05) is 48.9 Å². The average molecular weight is 644 g/mol. The van der Waals surface area contributed by atoms with Gasteiger partial charge in [0.25, 0.3) is 0 Å². The number of carbonyl (C=O) groups is 1. The molecule has 5 heterocycles. The van der Waals surface area contributed by atoms with E-state index in [0.29, 0.717) is 38.8 Å². The third kappa shape index (κ3) is 5.75. The zero-order valence-electron chi connectivity index (χ0n) is 26.0. The number of amides is 1. The van der Waals surface area contributed by atoms with Crippen molar-refractivity contribution in [2.45, 2.75) is 56.7 Å². The van der Waals surface area contributed by atoms with Crippen LogP contribution in [0.5, 0.6) is 6.01 Å². The van der Waals surface area contributed by atoms with Gasteiger partial charge in [0.05, 0.1) is 41.3 Å². The lowest BCUT2D eigenvalue weighted by molar-refractivity contribution is -0.128. The van der Waals surface area contributed by atoms with Crippen molar-refractivity contribution >= 4 is 39.8 Å². The second kappa shape index (κ2) is 13.0. The van der Waals surface area contributed by atoms with Crippen LogP contribution in [-0.2, 0) is 17.8 Å². The van der Waals surface area contributed by atoms with Gasteiger partial charge in [-0.2, -0.15) is 15.2 Å². The molecule has 3 aromatic rings. The molecule has 46 heavy (non-hydrogen) atoms. The lowest BCUT2D eigenvalue weighted by atomic mass is 9.95. The number of benzene rings is 2. The van der Waals surface area contributed by atoms with E-state index in [1.54, 1.807) is 4.90 Å². The zero-order valence-corrected chi connectivity index (χ0v) is 26.8. The highest BCUT2D eigenvalue weighted by atomic mass is 35.5. The van der Waals surface area contributed by atoms with Crippen LogP contribution >= 0.6 is 11.6 Å². The Morgan fingerprint density at radius 3 is 2.67 bits per heavy atom. The molecule has 2 aromatic carbocycles. The first-order valence-corrected chi connectivity index (χ1v) is 16.7. The number of hydrogen-bond acceptors (Lipinski definition) is 8. The molecule has 11 heteroatoms. The van der Waals surface area contributed by atoms with Crippen LogP contribution in [-0.4, -0.2) is 89.8 Å². The lowest BCUT2D eigenvalue weighted by Gasteiger charge is -2.42. The molecule has 0 aliphatic carbocycles. The van der Waals surface area contributed by atoms with E-state index < -0.39 is 6.67 Å². The Morgan fingerprint density at radius 2 is 1.89 bits per heavy atom. The van der Waals surface area contributed by atoms with Crippen molar-refractivity contribution in [2.24, 2.45) is 0 Å². The highest BCUT2D eigenvalue weighted by Gasteiger charge is 2.45. The summed E-state index contributed by atoms with van der Waals surface area (Å²) in [6.07, 6.45) is 8.01. The highest BCUT2D eigenvalue weighted by Crippen LogP contribution is 2.40. The third-order valence-electron chi connectivity index (χ3n) is 10.2. The Labute approximate surface area is 274 Å². The summed E-state index contributed by atoms with van der Waals surface area (Å²) in [4.78, 5) is 31.7. The Kier molecular flexibility index (Phi) is 8.71. The van der Waals surface area contributed by atoms with Crippen LogP contribution in [0.3, 0.4) is 0 Å². The van der Waals surface area contributed by atoms with Gasteiger partial charge in [-0.3, -0.25) is 9.69 Å². The number of anilines is 2. The van der Waals surface area contributed by atoms with Crippen LogP contribution in [0.25, 0.3) is 10.8 Å². The van der Waals surface area contributed by atoms with E-state index in [4.69, 9.17) is 26.3 Å². The summed E-state index contributed by atoms with van der Waals surface area (Å²) in [5, 5.41) is 12.5. The minimum atomic E-state index is -0.703. The Hall–Kier alpha value is -3.94. The van der Waals surface area contributed by atoms with Crippen LogP contribution < -0.4 is 14.5 Å². The highest BCUT2D eigenvalue weighted by molar-refractivity contribution is 6.36. The lowest BCUT2D eigenvalue weighted by Crippen LogP contribution is -2.55. The summed E-state index contributed by atoms with van der Waals surface area (Å²) < 4.78 is 19.3. The Bertz CT molecular complexity index is 1680. The number of piperazine rings is 1. The number of ether oxygens (including phenoxy) is 1. The molecule has 9 nitrogen and oxygen atoms in total. The van der Waals surface area contributed by atoms with Gasteiger partial charge in [-0.25, -0.2) is 4.39 Å². The fraction of sp³-hybridized carbons (Fsp3) is 0.486. The molecule has 0 N–H and O–H groups in total. The first kappa shape index (κ1) is 30.7. The molecular formula is C35H39ClFN7O2. The molecule has 0 unspecified atom stereocenters. The van der Waals surface area contributed by atoms with Crippen molar-refractivity contribution in [3.63, 3.8) is 0 Å². The fourth-order valence-electron chi connectivity index (χ4n) is 7.98. The predicted molar refractivity (Wildman–Crippen MR) is 177 cm³/mol. The van der Waals surface area contributed by atoms with E-state index in [1.165, 1.54) is 25.0 Å². The molecule has 1 aromatic heterocycles. The summed E-state index contributed by atoms with van der Waals surface area (Å²) in [5.74, 6) is 0.546. The van der Waals surface area contributed by atoms with E-state index in [9.17, 15) is 14.4 Å². The van der Waals surface area contributed by atoms with Gasteiger partial charge < -0.3 is 19.4 Å². The number of allylic oxidation sites excluding steroid dienone is 1. The molecule has 1 amide bonds. The molecule has 3 saturated heterocycles. The van der Waals surface area contributed by atoms with Crippen LogP contribution in [0.1, 0.15) is 43.4 Å². The summed E-state index contributed by atoms with van der Waals surface area (Å²) in [7, 11) is 0. The largest absolute Gasteiger partial charge is 0.461 e. The maximum absolute atomic E-state index is 12.8. The molecule has 0 saturated carbocycles. The Balaban J connectivity index is 1.22. The van der Waals surface area contributed by atoms with Gasteiger partial charge in [0.1, 0.15) is 19.1 Å². The normalized spacial score (nSPS) is 21.1. The second-order valence-corrected chi connectivity index (χ2v) is 13.2. The van der Waals surface area contributed by atoms with Crippen molar-refractivity contribution < 1.29 is 13.9 Å². The number of nitriles is 1. The van der Waals surface area contributed by atoms with Crippen molar-refractivity contribution in [3.05, 3.63) is 64.8 Å². The molecule has 0 spiro atoms. The van der Waals surface area contributed by atoms with E-state index in [1.807, 2.05) is 12.1 Å². The third-order valence-corrected chi connectivity index (χ3v) is 10.5. The maximum atomic E-state index is 12.8. The quantitative estimate of drug-likeness (QED) is 0.305. The van der Waals surface area contributed by atoms with E-state index in [-0.39, 0.29) is 23.9 Å². The van der Waals surface area contributed by atoms with E-state index in [0.717, 1.165) is 77.5 Å². The van der Waals surface area contributed by atoms with Gasteiger partial charge >= 0.3 is 6.01 Å². The molecule has 0 radical (unpaired) electrons. The number of nitrogens with zero attached hydrogens (tertiary/aromatic N) is 7. The number of aromatic nitrogens is 2. The summed E-state index contributed by atoms with van der Waals surface area (Å²) in [5.41, 5.74) is 3.13. The van der Waals surface area contributed by atoms with Crippen molar-refractivity contribution in [3.8, 4) is 12.1 Å². The van der Waals surface area contributed by atoms with Gasteiger partial charge in [-0.15, -0.1) is 0 Å². The monoisotopic (exact) mass is 643 g/mol. The zero-order chi connectivity index (χ0) is 31.7. The number of rotatable bonds is 8. The summed E-state index contributed by atoms with van der Waals surface area (Å²) in [6.45, 7) is 4.84. The smallest absolute Gasteiger partial charge is 0.318 e. The van der Waals surface area contributed by atoms with Gasteiger partial charge in [0.2, 0.25) is 5.91 Å². The molecule has 0 bridgehead atoms. The molecule has 4 aliphatic heterocycles. The molecular weight excluding hydrogens is 605 g/mol. The van der Waals surface area contributed by atoms with Crippen LogP contribution in [0.15, 0.2) is 48.6 Å². The number of fused-ring (bicyclic) bond motifs is 3. The number of hydrogen-bond donors (Lipinski definition) is 0. The summed E-state index contributed by atoms with van der Waals surface area (Å²) in [6, 6.07) is 14.5. The average Bonchev–Trinajstić information content (AvgIpc) is 3.66. The van der Waals surface area contributed by atoms with Crippen LogP contribution in [0, 0.1) is 11.3 Å².